The zero-order valence-corrected chi connectivity index (χ0v) is 12.5. The summed E-state index contributed by atoms with van der Waals surface area (Å²) in [5.74, 6) is 1.15. The molecular weight excluding hydrogens is 240 g/mol. The van der Waals surface area contributed by atoms with Crippen molar-refractivity contribution in [3.63, 3.8) is 0 Å². The quantitative estimate of drug-likeness (QED) is 0.716. The molecule has 1 aliphatic rings. The third-order valence-corrected chi connectivity index (χ3v) is 3.59. The van der Waals surface area contributed by atoms with Gasteiger partial charge in [-0.05, 0) is 36.8 Å². The van der Waals surface area contributed by atoms with Crippen molar-refractivity contribution in [2.24, 2.45) is 17.6 Å². The summed E-state index contributed by atoms with van der Waals surface area (Å²) in [5, 5.41) is 0. The normalized spacial score (nSPS) is 17.5. The minimum absolute atomic E-state index is 0.240. The van der Waals surface area contributed by atoms with Crippen molar-refractivity contribution in [1.29, 1.82) is 0 Å². The Balaban J connectivity index is 2.42. The van der Waals surface area contributed by atoms with Crippen molar-refractivity contribution >= 4 is 5.91 Å². The number of hydrogen-bond acceptors (Lipinski definition) is 3. The van der Waals surface area contributed by atoms with E-state index in [9.17, 15) is 4.79 Å². The number of methoxy groups -OCH3 is 1. The molecule has 0 saturated heterocycles. The lowest BCUT2D eigenvalue weighted by Crippen LogP contribution is -2.37. The molecule has 1 aliphatic heterocycles. The predicted octanol–water partition coefficient (Wildman–Crippen LogP) is 1.80. The van der Waals surface area contributed by atoms with Crippen LogP contribution in [0, 0.1) is 11.8 Å². The van der Waals surface area contributed by atoms with Gasteiger partial charge in [0.15, 0.2) is 0 Å². The van der Waals surface area contributed by atoms with Crippen molar-refractivity contribution in [1.82, 2.24) is 4.90 Å². The second kappa shape index (κ2) is 8.33. The minimum atomic E-state index is 0.240. The Hall–Kier alpha value is -0.870. The summed E-state index contributed by atoms with van der Waals surface area (Å²) in [6.07, 6.45) is 4.66. The Kier molecular flexibility index (Phi) is 7.10. The van der Waals surface area contributed by atoms with Crippen molar-refractivity contribution in [3.05, 3.63) is 11.6 Å². The van der Waals surface area contributed by atoms with Crippen molar-refractivity contribution in [3.8, 4) is 0 Å². The maximum Gasteiger partial charge on any atom is 0.223 e. The number of amides is 1. The molecular formula is C15H28N2O2. The van der Waals surface area contributed by atoms with Gasteiger partial charge < -0.3 is 15.4 Å². The first-order chi connectivity index (χ1) is 9.06. The number of hydrogen-bond donors (Lipinski definition) is 1. The Bertz CT molecular complexity index is 313. The second-order valence-corrected chi connectivity index (χ2v) is 5.82. The molecule has 1 unspecified atom stereocenters. The van der Waals surface area contributed by atoms with Gasteiger partial charge in [-0.1, -0.05) is 19.9 Å². The van der Waals surface area contributed by atoms with Crippen molar-refractivity contribution < 1.29 is 9.53 Å². The fraction of sp³-hybridized carbons (Fsp3) is 0.800. The topological polar surface area (TPSA) is 55.6 Å². The summed E-state index contributed by atoms with van der Waals surface area (Å²) in [6.45, 7) is 7.16. The molecule has 0 aromatic heterocycles. The Morgan fingerprint density at radius 2 is 2.26 bits per heavy atom. The second-order valence-electron chi connectivity index (χ2n) is 5.82. The standard InChI is InChI=1S/C15H28N2O2/c1-12(2)8-14(10-16)9-15(18)17-6-4-13(5-7-17)11-19-3/h4,12,14H,5-11,16H2,1-3H3. The van der Waals surface area contributed by atoms with E-state index in [0.29, 0.717) is 31.4 Å². The van der Waals surface area contributed by atoms with Crippen molar-refractivity contribution in [2.75, 3.05) is 33.4 Å². The number of rotatable bonds is 7. The highest BCUT2D eigenvalue weighted by molar-refractivity contribution is 5.76. The minimum Gasteiger partial charge on any atom is -0.380 e. The lowest BCUT2D eigenvalue weighted by Gasteiger charge is -2.28. The molecule has 1 atom stereocenters. The molecule has 2 N–H and O–H groups in total. The van der Waals surface area contributed by atoms with E-state index in [-0.39, 0.29) is 5.91 Å². The lowest BCUT2D eigenvalue weighted by molar-refractivity contribution is -0.132. The fourth-order valence-electron chi connectivity index (χ4n) is 2.56. The number of ether oxygens (including phenoxy) is 1. The van der Waals surface area contributed by atoms with Gasteiger partial charge in [-0.15, -0.1) is 0 Å². The van der Waals surface area contributed by atoms with E-state index in [1.165, 1.54) is 5.57 Å². The monoisotopic (exact) mass is 268 g/mol. The van der Waals surface area contributed by atoms with Crippen LogP contribution in [0.15, 0.2) is 11.6 Å². The van der Waals surface area contributed by atoms with Gasteiger partial charge in [-0.3, -0.25) is 4.79 Å². The van der Waals surface area contributed by atoms with Crippen LogP contribution in [0.3, 0.4) is 0 Å². The molecule has 0 spiro atoms. The molecule has 4 heteroatoms. The van der Waals surface area contributed by atoms with E-state index in [1.54, 1.807) is 7.11 Å². The molecule has 4 nitrogen and oxygen atoms in total. The van der Waals surface area contributed by atoms with Gasteiger partial charge >= 0.3 is 0 Å². The highest BCUT2D eigenvalue weighted by Crippen LogP contribution is 2.18. The Labute approximate surface area is 117 Å². The predicted molar refractivity (Wildman–Crippen MR) is 77.8 cm³/mol. The SMILES string of the molecule is COCC1=CCN(C(=O)CC(CN)CC(C)C)CC1. The van der Waals surface area contributed by atoms with E-state index in [4.69, 9.17) is 10.5 Å². The molecule has 1 heterocycles. The molecule has 1 amide bonds. The first kappa shape index (κ1) is 16.2. The van der Waals surface area contributed by atoms with E-state index in [1.807, 2.05) is 4.90 Å². The zero-order valence-electron chi connectivity index (χ0n) is 12.5. The first-order valence-corrected chi connectivity index (χ1v) is 7.21. The van der Waals surface area contributed by atoms with Gasteiger partial charge in [0.1, 0.15) is 0 Å². The zero-order chi connectivity index (χ0) is 14.3. The van der Waals surface area contributed by atoms with Crippen molar-refractivity contribution in [2.45, 2.75) is 33.1 Å². The molecule has 1 rings (SSSR count). The molecule has 0 radical (unpaired) electrons. The van der Waals surface area contributed by atoms with Gasteiger partial charge in [-0.25, -0.2) is 0 Å². The fourth-order valence-corrected chi connectivity index (χ4v) is 2.56. The van der Waals surface area contributed by atoms with Crippen LogP contribution in [0.25, 0.3) is 0 Å². The number of nitrogens with zero attached hydrogens (tertiary/aromatic N) is 1. The highest BCUT2D eigenvalue weighted by Gasteiger charge is 2.20. The summed E-state index contributed by atoms with van der Waals surface area (Å²) in [6, 6.07) is 0. The molecule has 0 aromatic carbocycles. The highest BCUT2D eigenvalue weighted by atomic mass is 16.5. The molecule has 0 bridgehead atoms. The van der Waals surface area contributed by atoms with E-state index >= 15 is 0 Å². The molecule has 0 aromatic rings. The maximum atomic E-state index is 12.2. The van der Waals surface area contributed by atoms with Gasteiger partial charge in [0.25, 0.3) is 0 Å². The van der Waals surface area contributed by atoms with Gasteiger partial charge in [0.05, 0.1) is 6.61 Å². The number of carbonyl (C=O) groups excluding carboxylic acids is 1. The third-order valence-electron chi connectivity index (χ3n) is 3.59. The Morgan fingerprint density at radius 1 is 1.53 bits per heavy atom. The maximum absolute atomic E-state index is 12.2. The molecule has 19 heavy (non-hydrogen) atoms. The van der Waals surface area contributed by atoms with Crippen LogP contribution < -0.4 is 5.73 Å². The molecule has 0 aliphatic carbocycles. The van der Waals surface area contributed by atoms with Crippen LogP contribution in [-0.4, -0.2) is 44.2 Å². The number of carbonyl (C=O) groups is 1. The smallest absolute Gasteiger partial charge is 0.223 e. The van der Waals surface area contributed by atoms with Crippen LogP contribution in [-0.2, 0) is 9.53 Å². The summed E-state index contributed by atoms with van der Waals surface area (Å²) < 4.78 is 5.11. The average Bonchev–Trinajstić information content (AvgIpc) is 2.38. The van der Waals surface area contributed by atoms with Crippen LogP contribution in [0.1, 0.15) is 33.1 Å². The molecule has 0 fully saturated rings. The van der Waals surface area contributed by atoms with Gasteiger partial charge in [0.2, 0.25) is 5.91 Å². The molecule has 0 saturated carbocycles. The summed E-state index contributed by atoms with van der Waals surface area (Å²) >= 11 is 0. The lowest BCUT2D eigenvalue weighted by atomic mass is 9.93. The number of nitrogens with two attached hydrogens (primary N) is 1. The van der Waals surface area contributed by atoms with Gasteiger partial charge in [-0.2, -0.15) is 0 Å². The summed E-state index contributed by atoms with van der Waals surface area (Å²) in [7, 11) is 1.70. The average molecular weight is 268 g/mol. The molecule has 110 valence electrons. The first-order valence-electron chi connectivity index (χ1n) is 7.21. The van der Waals surface area contributed by atoms with Crippen LogP contribution in [0.4, 0.5) is 0 Å². The Morgan fingerprint density at radius 3 is 2.74 bits per heavy atom. The van der Waals surface area contributed by atoms with Crippen LogP contribution >= 0.6 is 0 Å². The van der Waals surface area contributed by atoms with E-state index < -0.39 is 0 Å². The van der Waals surface area contributed by atoms with Crippen LogP contribution in [0.2, 0.25) is 0 Å². The van der Waals surface area contributed by atoms with E-state index in [2.05, 4.69) is 19.9 Å². The van der Waals surface area contributed by atoms with Crippen LogP contribution in [0.5, 0.6) is 0 Å². The van der Waals surface area contributed by atoms with E-state index in [0.717, 1.165) is 25.9 Å². The summed E-state index contributed by atoms with van der Waals surface area (Å²) in [5.41, 5.74) is 7.06. The third kappa shape index (κ3) is 5.74. The largest absolute Gasteiger partial charge is 0.380 e. The summed E-state index contributed by atoms with van der Waals surface area (Å²) in [4.78, 5) is 14.2. The van der Waals surface area contributed by atoms with Gasteiger partial charge in [0, 0.05) is 26.6 Å².